The van der Waals surface area contributed by atoms with Crippen molar-refractivity contribution in [3.05, 3.63) is 17.5 Å². The van der Waals surface area contributed by atoms with Gasteiger partial charge in [0.25, 0.3) is 0 Å². The highest BCUT2D eigenvalue weighted by Crippen LogP contribution is 2.05. The Morgan fingerprint density at radius 1 is 1.69 bits per heavy atom. The fourth-order valence-electron chi connectivity index (χ4n) is 1.16. The van der Waals surface area contributed by atoms with Gasteiger partial charge >= 0.3 is 0 Å². The molecule has 0 aromatic carbocycles. The van der Waals surface area contributed by atoms with Crippen LogP contribution in [-0.4, -0.2) is 16.3 Å². The van der Waals surface area contributed by atoms with Crippen LogP contribution in [0.1, 0.15) is 18.2 Å². The minimum absolute atomic E-state index is 0.554. The summed E-state index contributed by atoms with van der Waals surface area (Å²) in [6.45, 7) is 6.52. The number of rotatable bonds is 4. The molecule has 1 aromatic rings. The number of terminal acetylenes is 1. The van der Waals surface area contributed by atoms with Gasteiger partial charge in [0.1, 0.15) is 6.54 Å². The van der Waals surface area contributed by atoms with Gasteiger partial charge < -0.3 is 5.32 Å². The molecule has 0 bridgehead atoms. The van der Waals surface area contributed by atoms with Crippen LogP contribution in [0.15, 0.2) is 6.20 Å². The molecule has 13 heavy (non-hydrogen) atoms. The lowest BCUT2D eigenvalue weighted by Crippen LogP contribution is -2.12. The van der Waals surface area contributed by atoms with Crippen molar-refractivity contribution in [2.75, 3.05) is 6.54 Å². The summed E-state index contributed by atoms with van der Waals surface area (Å²) in [4.78, 5) is 0. The molecule has 1 aromatic heterocycles. The van der Waals surface area contributed by atoms with Gasteiger partial charge in [-0.2, -0.15) is 5.10 Å². The quantitative estimate of drug-likeness (QED) is 0.693. The van der Waals surface area contributed by atoms with Crippen LogP contribution in [0.5, 0.6) is 0 Å². The molecule has 0 saturated carbocycles. The molecule has 0 aliphatic heterocycles. The molecule has 1 rings (SSSR count). The topological polar surface area (TPSA) is 29.9 Å². The molecule has 0 atom stereocenters. The first-order valence-electron chi connectivity index (χ1n) is 4.45. The highest BCUT2D eigenvalue weighted by atomic mass is 15.3. The molecule has 3 heteroatoms. The summed E-state index contributed by atoms with van der Waals surface area (Å²) in [6, 6.07) is 0. The van der Waals surface area contributed by atoms with Crippen molar-refractivity contribution in [3.63, 3.8) is 0 Å². The molecule has 0 aliphatic rings. The third-order valence-electron chi connectivity index (χ3n) is 2.01. The van der Waals surface area contributed by atoms with Crippen molar-refractivity contribution in [1.29, 1.82) is 0 Å². The van der Waals surface area contributed by atoms with E-state index >= 15 is 0 Å². The second-order valence-electron chi connectivity index (χ2n) is 2.90. The van der Waals surface area contributed by atoms with E-state index in [1.807, 2.05) is 17.8 Å². The normalized spacial score (nSPS) is 9.92. The predicted octanol–water partition coefficient (Wildman–Crippen LogP) is 0.934. The Morgan fingerprint density at radius 3 is 3.08 bits per heavy atom. The van der Waals surface area contributed by atoms with E-state index in [0.717, 1.165) is 18.8 Å². The first-order valence-corrected chi connectivity index (χ1v) is 4.45. The molecule has 0 saturated heterocycles. The van der Waals surface area contributed by atoms with E-state index in [1.54, 1.807) is 0 Å². The maximum absolute atomic E-state index is 5.21. The minimum Gasteiger partial charge on any atom is -0.313 e. The van der Waals surface area contributed by atoms with Crippen LogP contribution in [0.4, 0.5) is 0 Å². The third-order valence-corrected chi connectivity index (χ3v) is 2.01. The van der Waals surface area contributed by atoms with Crippen LogP contribution in [0.25, 0.3) is 0 Å². The lowest BCUT2D eigenvalue weighted by molar-refractivity contribution is 0.682. The van der Waals surface area contributed by atoms with Crippen LogP contribution in [0, 0.1) is 19.3 Å². The van der Waals surface area contributed by atoms with E-state index in [0.29, 0.717) is 6.54 Å². The van der Waals surface area contributed by atoms with Gasteiger partial charge in [-0.15, -0.1) is 6.42 Å². The van der Waals surface area contributed by atoms with Gasteiger partial charge in [0.2, 0.25) is 0 Å². The second-order valence-corrected chi connectivity index (χ2v) is 2.90. The van der Waals surface area contributed by atoms with Crippen molar-refractivity contribution in [1.82, 2.24) is 15.1 Å². The molecule has 0 amide bonds. The minimum atomic E-state index is 0.554. The Labute approximate surface area is 79.1 Å². The van der Waals surface area contributed by atoms with Crippen molar-refractivity contribution in [2.45, 2.75) is 26.9 Å². The Hall–Kier alpha value is -1.27. The van der Waals surface area contributed by atoms with Gasteiger partial charge in [-0.1, -0.05) is 12.8 Å². The summed E-state index contributed by atoms with van der Waals surface area (Å²) >= 11 is 0. The molecule has 1 heterocycles. The van der Waals surface area contributed by atoms with Crippen molar-refractivity contribution < 1.29 is 0 Å². The van der Waals surface area contributed by atoms with Gasteiger partial charge in [-0.3, -0.25) is 4.68 Å². The highest BCUT2D eigenvalue weighted by Gasteiger charge is 2.03. The summed E-state index contributed by atoms with van der Waals surface area (Å²) in [7, 11) is 0. The number of nitrogens with one attached hydrogen (secondary N) is 1. The Kier molecular flexibility index (Phi) is 3.53. The zero-order valence-corrected chi connectivity index (χ0v) is 8.17. The van der Waals surface area contributed by atoms with E-state index in [9.17, 15) is 0 Å². The molecular formula is C10H15N3. The second kappa shape index (κ2) is 4.68. The van der Waals surface area contributed by atoms with E-state index < -0.39 is 0 Å². The zero-order valence-electron chi connectivity index (χ0n) is 8.17. The van der Waals surface area contributed by atoms with Crippen molar-refractivity contribution in [3.8, 4) is 12.3 Å². The van der Waals surface area contributed by atoms with E-state index in [2.05, 4.69) is 23.3 Å². The van der Waals surface area contributed by atoms with E-state index in [-0.39, 0.29) is 0 Å². The highest BCUT2D eigenvalue weighted by molar-refractivity contribution is 5.16. The lowest BCUT2D eigenvalue weighted by atomic mass is 10.2. The molecule has 0 fully saturated rings. The summed E-state index contributed by atoms with van der Waals surface area (Å²) in [6.07, 6.45) is 7.08. The monoisotopic (exact) mass is 177 g/mol. The van der Waals surface area contributed by atoms with Gasteiger partial charge in [0.15, 0.2) is 0 Å². The molecule has 1 N–H and O–H groups in total. The van der Waals surface area contributed by atoms with Crippen LogP contribution >= 0.6 is 0 Å². The van der Waals surface area contributed by atoms with Gasteiger partial charge in [-0.05, 0) is 13.5 Å². The molecular weight excluding hydrogens is 162 g/mol. The standard InChI is InChI=1S/C10H15N3/c1-4-6-13-9(3)10(8-12-13)7-11-5-2/h1,8,11H,5-7H2,2-3H3. The fraction of sp³-hybridized carbons (Fsp3) is 0.500. The van der Waals surface area contributed by atoms with Gasteiger partial charge in [-0.25, -0.2) is 0 Å². The maximum Gasteiger partial charge on any atom is 0.102 e. The molecule has 70 valence electrons. The molecule has 0 spiro atoms. The number of aromatic nitrogens is 2. The molecule has 0 unspecified atom stereocenters. The molecule has 3 nitrogen and oxygen atoms in total. The fourth-order valence-corrected chi connectivity index (χ4v) is 1.16. The largest absolute Gasteiger partial charge is 0.313 e. The van der Waals surface area contributed by atoms with E-state index in [4.69, 9.17) is 6.42 Å². The summed E-state index contributed by atoms with van der Waals surface area (Å²) in [5, 5.41) is 7.45. The van der Waals surface area contributed by atoms with Crippen LogP contribution in [0.3, 0.4) is 0 Å². The Balaban J connectivity index is 2.69. The SMILES string of the molecule is C#CCn1ncc(CNCC)c1C. The van der Waals surface area contributed by atoms with Crippen LogP contribution < -0.4 is 5.32 Å². The van der Waals surface area contributed by atoms with Crippen LogP contribution in [0.2, 0.25) is 0 Å². The summed E-state index contributed by atoms with van der Waals surface area (Å²) in [5.41, 5.74) is 2.37. The maximum atomic E-state index is 5.21. The molecule has 0 radical (unpaired) electrons. The van der Waals surface area contributed by atoms with Gasteiger partial charge in [0.05, 0.1) is 6.20 Å². The average molecular weight is 177 g/mol. The number of hydrogen-bond acceptors (Lipinski definition) is 2. The van der Waals surface area contributed by atoms with Crippen molar-refractivity contribution in [2.24, 2.45) is 0 Å². The summed E-state index contributed by atoms with van der Waals surface area (Å²) in [5.74, 6) is 2.57. The zero-order chi connectivity index (χ0) is 9.68. The Bertz CT molecular complexity index is 306. The van der Waals surface area contributed by atoms with Gasteiger partial charge in [0, 0.05) is 17.8 Å². The number of nitrogens with zero attached hydrogens (tertiary/aromatic N) is 2. The average Bonchev–Trinajstić information content (AvgIpc) is 2.46. The smallest absolute Gasteiger partial charge is 0.102 e. The Morgan fingerprint density at radius 2 is 2.46 bits per heavy atom. The third kappa shape index (κ3) is 2.33. The first-order chi connectivity index (χ1) is 6.29. The lowest BCUT2D eigenvalue weighted by Gasteiger charge is -2.01. The number of hydrogen-bond donors (Lipinski definition) is 1. The van der Waals surface area contributed by atoms with Crippen LogP contribution in [-0.2, 0) is 13.1 Å². The molecule has 0 aliphatic carbocycles. The van der Waals surface area contributed by atoms with Crippen molar-refractivity contribution >= 4 is 0 Å². The van der Waals surface area contributed by atoms with E-state index in [1.165, 1.54) is 5.56 Å². The summed E-state index contributed by atoms with van der Waals surface area (Å²) < 4.78 is 1.84. The first kappa shape index (κ1) is 9.82. The predicted molar refractivity (Wildman–Crippen MR) is 53.2 cm³/mol.